The minimum atomic E-state index is -0.325. The molecule has 100 valence electrons. The van der Waals surface area contributed by atoms with Gasteiger partial charge in [0.2, 0.25) is 5.89 Å². The molecule has 0 bridgehead atoms. The summed E-state index contributed by atoms with van der Waals surface area (Å²) in [5.41, 5.74) is -0.111. The second-order valence-corrected chi connectivity index (χ2v) is 5.56. The molecular weight excluding hydrogens is 314 g/mol. The minimum absolute atomic E-state index is 0.0648. The van der Waals surface area contributed by atoms with Crippen molar-refractivity contribution in [2.75, 3.05) is 6.54 Å². The highest BCUT2D eigenvalue weighted by Crippen LogP contribution is 2.42. The molecule has 0 saturated heterocycles. The second kappa shape index (κ2) is 4.44. The van der Waals surface area contributed by atoms with E-state index in [4.69, 9.17) is 4.52 Å². The fourth-order valence-corrected chi connectivity index (χ4v) is 2.19. The smallest absolute Gasteiger partial charge is 0.292 e. The minimum Gasteiger partial charge on any atom is -0.347 e. The van der Waals surface area contributed by atoms with E-state index in [0.29, 0.717) is 12.4 Å². The van der Waals surface area contributed by atoms with E-state index in [0.717, 1.165) is 17.3 Å². The topological polar surface area (TPSA) is 85.8 Å². The van der Waals surface area contributed by atoms with Gasteiger partial charge in [-0.25, -0.2) is 0 Å². The lowest BCUT2D eigenvalue weighted by Gasteiger charge is -2.15. The number of nitrogens with one attached hydrogen (secondary N) is 1. The average Bonchev–Trinajstić information content (AvgIpc) is 2.84. The van der Waals surface area contributed by atoms with Gasteiger partial charge in [0.25, 0.3) is 11.7 Å². The molecule has 1 fully saturated rings. The number of carbonyl (C=O) groups excluding carboxylic acids is 1. The quantitative estimate of drug-likeness (QED) is 0.914. The van der Waals surface area contributed by atoms with E-state index in [2.05, 4.69) is 36.5 Å². The molecule has 2 heterocycles. The predicted molar refractivity (Wildman–Crippen MR) is 68.5 cm³/mol. The zero-order valence-corrected chi connectivity index (χ0v) is 11.8. The largest absolute Gasteiger partial charge is 0.347 e. The molecule has 0 spiro atoms. The van der Waals surface area contributed by atoms with Crippen LogP contribution in [0.3, 0.4) is 0 Å². The van der Waals surface area contributed by atoms with Crippen LogP contribution in [0, 0.1) is 6.92 Å². The summed E-state index contributed by atoms with van der Waals surface area (Å²) < 4.78 is 7.59. The molecule has 2 aromatic heterocycles. The molecule has 8 heteroatoms. The summed E-state index contributed by atoms with van der Waals surface area (Å²) in [4.78, 5) is 15.7. The first-order valence-corrected chi connectivity index (χ1v) is 6.68. The molecule has 1 aliphatic carbocycles. The normalized spacial score (nSPS) is 16.3. The number of aromatic nitrogens is 4. The van der Waals surface area contributed by atoms with Crippen molar-refractivity contribution in [3.63, 3.8) is 0 Å². The maximum Gasteiger partial charge on any atom is 0.292 e. The van der Waals surface area contributed by atoms with Crippen LogP contribution in [0.25, 0.3) is 0 Å². The molecule has 1 N–H and O–H groups in total. The molecule has 0 aliphatic heterocycles. The molecular formula is C11H12BrN5O2. The number of nitrogens with zero attached hydrogens (tertiary/aromatic N) is 4. The molecule has 0 radical (unpaired) electrons. The van der Waals surface area contributed by atoms with Crippen LogP contribution in [-0.4, -0.2) is 32.4 Å². The summed E-state index contributed by atoms with van der Waals surface area (Å²) in [6.45, 7) is 2.15. The van der Waals surface area contributed by atoms with Gasteiger partial charge in [-0.3, -0.25) is 9.48 Å². The second-order valence-electron chi connectivity index (χ2n) is 4.65. The van der Waals surface area contributed by atoms with Crippen LogP contribution in [-0.2, 0) is 5.54 Å². The van der Waals surface area contributed by atoms with Crippen molar-refractivity contribution in [1.29, 1.82) is 0 Å². The lowest BCUT2D eigenvalue weighted by Crippen LogP contribution is -2.36. The highest BCUT2D eigenvalue weighted by Gasteiger charge is 2.45. The lowest BCUT2D eigenvalue weighted by molar-refractivity contribution is 0.0931. The number of amides is 1. The first-order valence-electron chi connectivity index (χ1n) is 5.88. The third kappa shape index (κ3) is 2.40. The maximum atomic E-state index is 11.8. The average molecular weight is 326 g/mol. The van der Waals surface area contributed by atoms with Gasteiger partial charge in [-0.15, -0.1) is 0 Å². The Morgan fingerprint density at radius 1 is 1.63 bits per heavy atom. The van der Waals surface area contributed by atoms with Gasteiger partial charge >= 0.3 is 0 Å². The van der Waals surface area contributed by atoms with Crippen molar-refractivity contribution in [3.8, 4) is 0 Å². The van der Waals surface area contributed by atoms with Crippen LogP contribution in [0.1, 0.15) is 29.4 Å². The maximum absolute atomic E-state index is 11.8. The molecule has 2 aromatic rings. The van der Waals surface area contributed by atoms with Crippen molar-refractivity contribution < 1.29 is 9.32 Å². The van der Waals surface area contributed by atoms with Gasteiger partial charge in [0, 0.05) is 19.7 Å². The van der Waals surface area contributed by atoms with Crippen molar-refractivity contribution in [2.45, 2.75) is 25.3 Å². The summed E-state index contributed by atoms with van der Waals surface area (Å²) in [6.07, 6.45) is 5.64. The molecule has 7 nitrogen and oxygen atoms in total. The van der Waals surface area contributed by atoms with E-state index >= 15 is 0 Å². The van der Waals surface area contributed by atoms with Crippen LogP contribution in [0.4, 0.5) is 0 Å². The number of hydrogen-bond donors (Lipinski definition) is 1. The van der Waals surface area contributed by atoms with E-state index < -0.39 is 0 Å². The van der Waals surface area contributed by atoms with Crippen molar-refractivity contribution in [3.05, 3.63) is 28.6 Å². The van der Waals surface area contributed by atoms with Crippen LogP contribution in [0.15, 0.2) is 21.4 Å². The highest BCUT2D eigenvalue weighted by atomic mass is 79.9. The Labute approximate surface area is 117 Å². The van der Waals surface area contributed by atoms with Gasteiger partial charge in [-0.2, -0.15) is 10.1 Å². The summed E-state index contributed by atoms with van der Waals surface area (Å²) in [6, 6.07) is 0. The van der Waals surface area contributed by atoms with Crippen molar-refractivity contribution in [1.82, 2.24) is 25.2 Å². The van der Waals surface area contributed by atoms with E-state index in [1.165, 1.54) is 0 Å². The van der Waals surface area contributed by atoms with E-state index in [-0.39, 0.29) is 17.3 Å². The van der Waals surface area contributed by atoms with Gasteiger partial charge in [0.1, 0.15) is 0 Å². The molecule has 1 amide bonds. The molecule has 0 atom stereocenters. The van der Waals surface area contributed by atoms with E-state index in [1.807, 2.05) is 10.9 Å². The summed E-state index contributed by atoms with van der Waals surface area (Å²) >= 11 is 3.37. The predicted octanol–water partition coefficient (Wildman–Crippen LogP) is 1.26. The molecule has 3 rings (SSSR count). The number of hydrogen-bond acceptors (Lipinski definition) is 5. The third-order valence-corrected chi connectivity index (χ3v) is 3.58. The van der Waals surface area contributed by atoms with Crippen LogP contribution >= 0.6 is 15.9 Å². The van der Waals surface area contributed by atoms with Crippen molar-refractivity contribution >= 4 is 21.8 Å². The SMILES string of the molecule is Cc1nc(C(=O)NCC2(n3cc(Br)cn3)CC2)no1. The number of aryl methyl sites for hydroxylation is 1. The first-order chi connectivity index (χ1) is 9.09. The summed E-state index contributed by atoms with van der Waals surface area (Å²) in [5.74, 6) is 0.117. The Morgan fingerprint density at radius 3 is 2.95 bits per heavy atom. The Hall–Kier alpha value is -1.70. The molecule has 19 heavy (non-hydrogen) atoms. The van der Waals surface area contributed by atoms with Gasteiger partial charge in [0.05, 0.1) is 16.2 Å². The molecule has 1 saturated carbocycles. The molecule has 0 aromatic carbocycles. The monoisotopic (exact) mass is 325 g/mol. The van der Waals surface area contributed by atoms with Crippen LogP contribution in [0.2, 0.25) is 0 Å². The number of rotatable bonds is 4. The van der Waals surface area contributed by atoms with Crippen molar-refractivity contribution in [2.24, 2.45) is 0 Å². The zero-order valence-electron chi connectivity index (χ0n) is 10.3. The first kappa shape index (κ1) is 12.3. The summed E-state index contributed by atoms with van der Waals surface area (Å²) in [7, 11) is 0. The molecule has 0 unspecified atom stereocenters. The zero-order chi connectivity index (χ0) is 13.5. The Balaban J connectivity index is 1.65. The number of halogens is 1. The lowest BCUT2D eigenvalue weighted by atomic mass is 10.2. The highest BCUT2D eigenvalue weighted by molar-refractivity contribution is 9.10. The van der Waals surface area contributed by atoms with Gasteiger partial charge in [-0.1, -0.05) is 5.16 Å². The third-order valence-electron chi connectivity index (χ3n) is 3.17. The van der Waals surface area contributed by atoms with E-state index in [1.54, 1.807) is 13.1 Å². The number of carbonyl (C=O) groups is 1. The Kier molecular flexibility index (Phi) is 2.89. The van der Waals surface area contributed by atoms with Gasteiger partial charge < -0.3 is 9.84 Å². The Morgan fingerprint density at radius 2 is 2.42 bits per heavy atom. The fourth-order valence-electron chi connectivity index (χ4n) is 1.91. The fraction of sp³-hybridized carbons (Fsp3) is 0.455. The standard InChI is InChI=1S/C11H12BrN5O2/c1-7-15-9(16-19-7)10(18)13-6-11(2-3-11)17-5-8(12)4-14-17/h4-5H,2-3,6H2,1H3,(H,13,18). The molecule has 1 aliphatic rings. The Bertz CT molecular complexity index is 616. The van der Waals surface area contributed by atoms with Gasteiger partial charge in [0.15, 0.2) is 0 Å². The van der Waals surface area contributed by atoms with Gasteiger partial charge in [-0.05, 0) is 28.8 Å². The van der Waals surface area contributed by atoms with E-state index in [9.17, 15) is 4.79 Å². The van der Waals surface area contributed by atoms with Crippen LogP contribution < -0.4 is 5.32 Å². The summed E-state index contributed by atoms with van der Waals surface area (Å²) in [5, 5.41) is 10.7. The van der Waals surface area contributed by atoms with Crippen LogP contribution in [0.5, 0.6) is 0 Å².